The molecular weight excluding hydrogens is 122 g/mol. The Morgan fingerprint density at radius 3 is 3.11 bits per heavy atom. The van der Waals surface area contributed by atoms with Crippen LogP contribution in [0.4, 0.5) is 4.79 Å². The van der Waals surface area contributed by atoms with Gasteiger partial charge in [0.25, 0.3) is 0 Å². The molecule has 0 radical (unpaired) electrons. The number of hydrogen-bond acceptors (Lipinski definition) is 2. The van der Waals surface area contributed by atoms with Crippen molar-refractivity contribution in [2.24, 2.45) is 5.22 Å². The van der Waals surface area contributed by atoms with Gasteiger partial charge >= 0.3 is 6.03 Å². The maximum atomic E-state index is 10.5. The molecule has 6 heteroatoms. The van der Waals surface area contributed by atoms with Crippen molar-refractivity contribution in [3.8, 4) is 0 Å². The molecule has 0 spiro atoms. The molecule has 0 unspecified atom stereocenters. The minimum atomic E-state index is -0.326. The first kappa shape index (κ1) is 5.71. The van der Waals surface area contributed by atoms with E-state index >= 15 is 0 Å². The van der Waals surface area contributed by atoms with E-state index in [9.17, 15) is 4.79 Å². The molecular formula is C3H5N5O. The normalized spacial score (nSPS) is 16.9. The number of hydrogen-bond donors (Lipinski definition) is 1. The lowest BCUT2D eigenvalue weighted by Gasteiger charge is -1.95. The summed E-state index contributed by atoms with van der Waals surface area (Å²) in [7, 11) is 0. The van der Waals surface area contributed by atoms with Crippen LogP contribution in [-0.2, 0) is 0 Å². The van der Waals surface area contributed by atoms with Crippen LogP contribution in [0, 0.1) is 0 Å². The quantitative estimate of drug-likeness (QED) is 0.305. The van der Waals surface area contributed by atoms with Crippen molar-refractivity contribution >= 4 is 6.03 Å². The smallest absolute Gasteiger partial charge is 0.314 e. The molecule has 1 aliphatic rings. The molecule has 0 aromatic heterocycles. The van der Waals surface area contributed by atoms with Gasteiger partial charge in [0.05, 0.1) is 6.54 Å². The second kappa shape index (κ2) is 2.23. The molecule has 0 aromatic carbocycles. The van der Waals surface area contributed by atoms with Crippen molar-refractivity contribution in [2.45, 2.75) is 0 Å². The van der Waals surface area contributed by atoms with Crippen molar-refractivity contribution in [3.05, 3.63) is 10.4 Å². The minimum Gasteiger partial charge on any atom is -0.314 e. The first-order chi connectivity index (χ1) is 4.34. The standard InChI is InChI=1S/C3H5N5O/c4-6-7-8-2-1-5-3(8)9/h1-2H2,(H,5,9). The van der Waals surface area contributed by atoms with Crippen LogP contribution >= 0.6 is 0 Å². The highest BCUT2D eigenvalue weighted by molar-refractivity contribution is 5.75. The van der Waals surface area contributed by atoms with E-state index in [0.29, 0.717) is 13.1 Å². The van der Waals surface area contributed by atoms with Gasteiger partial charge in [-0.05, 0) is 5.22 Å². The van der Waals surface area contributed by atoms with E-state index in [1.807, 2.05) is 0 Å². The number of amides is 2. The van der Waals surface area contributed by atoms with E-state index < -0.39 is 0 Å². The van der Waals surface area contributed by atoms with Gasteiger partial charge in [-0.3, -0.25) is 0 Å². The molecule has 2 amide bonds. The SMILES string of the molecule is [N-]=[N+]=NN1CCNC1=O. The van der Waals surface area contributed by atoms with Crippen LogP contribution in [0.5, 0.6) is 0 Å². The number of azide groups is 1. The molecule has 6 nitrogen and oxygen atoms in total. The molecule has 1 heterocycles. The zero-order chi connectivity index (χ0) is 6.69. The molecule has 1 fully saturated rings. The third kappa shape index (κ3) is 1.03. The number of nitrogens with zero attached hydrogens (tertiary/aromatic N) is 4. The van der Waals surface area contributed by atoms with Crippen LogP contribution in [0.15, 0.2) is 5.22 Å². The van der Waals surface area contributed by atoms with E-state index in [4.69, 9.17) is 5.53 Å². The highest BCUT2D eigenvalue weighted by Crippen LogP contribution is 1.95. The van der Waals surface area contributed by atoms with Crippen LogP contribution in [-0.4, -0.2) is 24.1 Å². The highest BCUT2D eigenvalue weighted by atomic mass is 16.2. The van der Waals surface area contributed by atoms with Crippen LogP contribution in [0.3, 0.4) is 0 Å². The van der Waals surface area contributed by atoms with E-state index in [1.165, 1.54) is 0 Å². The molecule has 48 valence electrons. The second-order valence-corrected chi connectivity index (χ2v) is 1.53. The summed E-state index contributed by atoms with van der Waals surface area (Å²) in [5.41, 5.74) is 7.88. The second-order valence-electron chi connectivity index (χ2n) is 1.53. The van der Waals surface area contributed by atoms with Crippen molar-refractivity contribution in [3.63, 3.8) is 0 Å². The summed E-state index contributed by atoms with van der Waals surface area (Å²) in [4.78, 5) is 13.0. The minimum absolute atomic E-state index is 0.326. The Bertz CT molecular complexity index is 171. The molecule has 0 atom stereocenters. The fraction of sp³-hybridized carbons (Fsp3) is 0.667. The summed E-state index contributed by atoms with van der Waals surface area (Å²) in [6.45, 7) is 1.01. The average Bonchev–Trinajstić information content (AvgIpc) is 2.18. The zero-order valence-corrected chi connectivity index (χ0v) is 4.61. The van der Waals surface area contributed by atoms with Crippen molar-refractivity contribution in [2.75, 3.05) is 13.1 Å². The average molecular weight is 127 g/mol. The van der Waals surface area contributed by atoms with E-state index in [1.54, 1.807) is 0 Å². The number of carbonyl (C=O) groups excluding carboxylic acids is 1. The first-order valence-corrected chi connectivity index (χ1v) is 2.45. The highest BCUT2D eigenvalue weighted by Gasteiger charge is 2.22. The topological polar surface area (TPSA) is 81.1 Å². The largest absolute Gasteiger partial charge is 0.412 e. The summed E-state index contributed by atoms with van der Waals surface area (Å²) >= 11 is 0. The lowest BCUT2D eigenvalue weighted by atomic mass is 10.7. The molecule has 9 heavy (non-hydrogen) atoms. The predicted molar refractivity (Wildman–Crippen MR) is 29.3 cm³/mol. The maximum absolute atomic E-state index is 10.5. The molecule has 0 aromatic rings. The Morgan fingerprint density at radius 1 is 1.89 bits per heavy atom. The Kier molecular flexibility index (Phi) is 1.42. The van der Waals surface area contributed by atoms with Crippen molar-refractivity contribution in [1.29, 1.82) is 0 Å². The fourth-order valence-corrected chi connectivity index (χ4v) is 0.595. The monoisotopic (exact) mass is 127 g/mol. The summed E-state index contributed by atoms with van der Waals surface area (Å²) < 4.78 is 0. The van der Waals surface area contributed by atoms with E-state index in [0.717, 1.165) is 5.01 Å². The van der Waals surface area contributed by atoms with Crippen LogP contribution in [0.1, 0.15) is 0 Å². The van der Waals surface area contributed by atoms with Crippen molar-refractivity contribution in [1.82, 2.24) is 10.3 Å². The predicted octanol–water partition coefficient (Wildman–Crippen LogP) is 0.237. The fourth-order valence-electron chi connectivity index (χ4n) is 0.595. The molecule has 0 aliphatic carbocycles. The molecule has 1 aliphatic heterocycles. The van der Waals surface area contributed by atoms with Crippen molar-refractivity contribution < 1.29 is 4.79 Å². The Morgan fingerprint density at radius 2 is 2.67 bits per heavy atom. The summed E-state index contributed by atoms with van der Waals surface area (Å²) in [6, 6.07) is -0.326. The number of nitrogens with one attached hydrogen (secondary N) is 1. The Hall–Kier alpha value is -1.42. The summed E-state index contributed by atoms with van der Waals surface area (Å²) in [5.74, 6) is 0. The molecule has 1 N–H and O–H groups in total. The number of carbonyl (C=O) groups is 1. The third-order valence-electron chi connectivity index (χ3n) is 0.982. The van der Waals surface area contributed by atoms with Gasteiger partial charge in [0.2, 0.25) is 0 Å². The summed E-state index contributed by atoms with van der Waals surface area (Å²) in [6.07, 6.45) is 0. The maximum Gasteiger partial charge on any atom is 0.412 e. The van der Waals surface area contributed by atoms with Gasteiger partial charge in [0.1, 0.15) is 6.54 Å². The van der Waals surface area contributed by atoms with Gasteiger partial charge in [0.15, 0.2) is 0 Å². The molecule has 1 saturated heterocycles. The van der Waals surface area contributed by atoms with Gasteiger partial charge < -0.3 is 5.32 Å². The van der Waals surface area contributed by atoms with E-state index in [-0.39, 0.29) is 6.03 Å². The number of urea groups is 1. The first-order valence-electron chi connectivity index (χ1n) is 2.45. The lowest BCUT2D eigenvalue weighted by Crippen LogP contribution is -2.22. The lowest BCUT2D eigenvalue weighted by molar-refractivity contribution is 0.218. The van der Waals surface area contributed by atoms with Gasteiger partial charge in [-0.2, -0.15) is 9.92 Å². The Balaban J connectivity index is 2.59. The number of rotatable bonds is 1. The van der Waals surface area contributed by atoms with Gasteiger partial charge in [-0.1, -0.05) is 0 Å². The Labute approximate surface area is 51.0 Å². The van der Waals surface area contributed by atoms with Gasteiger partial charge in [0, 0.05) is 0 Å². The van der Waals surface area contributed by atoms with E-state index in [2.05, 4.69) is 15.5 Å². The molecule has 1 rings (SSSR count). The van der Waals surface area contributed by atoms with Crippen LogP contribution < -0.4 is 5.32 Å². The third-order valence-corrected chi connectivity index (χ3v) is 0.982. The van der Waals surface area contributed by atoms with Gasteiger partial charge in [-0.25, -0.2) is 4.79 Å². The van der Waals surface area contributed by atoms with Crippen LogP contribution in [0.25, 0.3) is 10.4 Å². The summed E-state index contributed by atoms with van der Waals surface area (Å²) in [5, 5.41) is 6.62. The molecule has 0 bridgehead atoms. The molecule has 0 saturated carbocycles. The zero-order valence-electron chi connectivity index (χ0n) is 4.61. The van der Waals surface area contributed by atoms with Crippen LogP contribution in [0.2, 0.25) is 0 Å². The van der Waals surface area contributed by atoms with Gasteiger partial charge in [-0.15, -0.1) is 5.53 Å².